The topological polar surface area (TPSA) is 95.7 Å². The lowest BCUT2D eigenvalue weighted by Crippen LogP contribution is -2.40. The molecule has 0 aliphatic heterocycles. The number of nitrogens with zero attached hydrogens (tertiary/aromatic N) is 1. The second kappa shape index (κ2) is 7.24. The molecule has 17 heavy (non-hydrogen) atoms. The third kappa shape index (κ3) is 5.14. The van der Waals surface area contributed by atoms with Crippen molar-refractivity contribution in [2.24, 2.45) is 5.73 Å². The summed E-state index contributed by atoms with van der Waals surface area (Å²) in [5.41, 5.74) is 4.86. The molecule has 4 N–H and O–H groups in total. The van der Waals surface area contributed by atoms with Gasteiger partial charge in [0.05, 0.1) is 6.61 Å². The number of urea groups is 1. The number of carbonyl (C=O) groups is 2. The van der Waals surface area contributed by atoms with E-state index in [1.807, 2.05) is 5.32 Å². The smallest absolute Gasteiger partial charge is 0.318 e. The minimum atomic E-state index is -0.815. The van der Waals surface area contributed by atoms with Crippen LogP contribution in [0.2, 0.25) is 0 Å². The fourth-order valence-corrected chi connectivity index (χ4v) is 2.32. The van der Waals surface area contributed by atoms with Crippen LogP contribution in [0, 0.1) is 0 Å². The summed E-state index contributed by atoms with van der Waals surface area (Å²) in [4.78, 5) is 23.9. The van der Waals surface area contributed by atoms with Crippen LogP contribution in [0.25, 0.3) is 0 Å². The summed E-state index contributed by atoms with van der Waals surface area (Å²) < 4.78 is 0. The molecule has 0 unspecified atom stereocenters. The van der Waals surface area contributed by atoms with Gasteiger partial charge >= 0.3 is 6.03 Å². The summed E-state index contributed by atoms with van der Waals surface area (Å²) in [6.07, 6.45) is 4.90. The van der Waals surface area contributed by atoms with Crippen LogP contribution in [0.1, 0.15) is 32.1 Å². The molecule has 3 amide bonds. The molecule has 0 spiro atoms. The molecule has 6 heteroatoms. The number of aliphatic hydroxyl groups is 1. The van der Waals surface area contributed by atoms with Crippen molar-refractivity contribution >= 4 is 11.9 Å². The molecule has 1 fully saturated rings. The van der Waals surface area contributed by atoms with Gasteiger partial charge < -0.3 is 10.8 Å². The molecule has 1 saturated carbocycles. The number of aliphatic hydroxyl groups excluding tert-OH is 1. The molecule has 1 aliphatic rings. The Balaban J connectivity index is 2.33. The lowest BCUT2D eigenvalue weighted by molar-refractivity contribution is -0.120. The summed E-state index contributed by atoms with van der Waals surface area (Å²) in [5.74, 6) is -0.363. The zero-order valence-electron chi connectivity index (χ0n) is 10.0. The van der Waals surface area contributed by atoms with Crippen molar-refractivity contribution in [1.29, 1.82) is 0 Å². The predicted molar refractivity (Wildman–Crippen MR) is 63.3 cm³/mol. The van der Waals surface area contributed by atoms with Gasteiger partial charge in [-0.2, -0.15) is 0 Å². The average Bonchev–Trinajstić information content (AvgIpc) is 2.76. The molecule has 0 bridgehead atoms. The summed E-state index contributed by atoms with van der Waals surface area (Å²) in [7, 11) is 0. The van der Waals surface area contributed by atoms with E-state index >= 15 is 0 Å². The van der Waals surface area contributed by atoms with Gasteiger partial charge in [-0.05, 0) is 12.8 Å². The zero-order chi connectivity index (χ0) is 12.7. The molecule has 0 aromatic rings. The Labute approximate surface area is 101 Å². The number of amides is 3. The monoisotopic (exact) mass is 243 g/mol. The highest BCUT2D eigenvalue weighted by atomic mass is 16.3. The fraction of sp³-hybridized carbons (Fsp3) is 0.818. The van der Waals surface area contributed by atoms with Gasteiger partial charge in [-0.3, -0.25) is 15.0 Å². The summed E-state index contributed by atoms with van der Waals surface area (Å²) in [6.45, 7) is 1.23. The lowest BCUT2D eigenvalue weighted by Gasteiger charge is -2.27. The maximum atomic E-state index is 11.3. The molecular weight excluding hydrogens is 222 g/mol. The van der Waals surface area contributed by atoms with Crippen LogP contribution >= 0.6 is 0 Å². The van der Waals surface area contributed by atoms with Gasteiger partial charge in [-0.1, -0.05) is 12.8 Å². The highest BCUT2D eigenvalue weighted by Gasteiger charge is 2.22. The molecule has 6 nitrogen and oxygen atoms in total. The number of nitrogens with one attached hydrogen (secondary N) is 1. The van der Waals surface area contributed by atoms with E-state index in [-0.39, 0.29) is 18.9 Å². The Morgan fingerprint density at radius 1 is 1.29 bits per heavy atom. The van der Waals surface area contributed by atoms with E-state index in [4.69, 9.17) is 10.8 Å². The fourth-order valence-electron chi connectivity index (χ4n) is 2.32. The first kappa shape index (κ1) is 13.9. The summed E-state index contributed by atoms with van der Waals surface area (Å²) >= 11 is 0. The number of nitrogens with two attached hydrogens (primary N) is 1. The van der Waals surface area contributed by atoms with Gasteiger partial charge in [0.15, 0.2) is 0 Å². The van der Waals surface area contributed by atoms with E-state index in [2.05, 4.69) is 4.90 Å². The van der Waals surface area contributed by atoms with Crippen LogP contribution in [0.15, 0.2) is 0 Å². The lowest BCUT2D eigenvalue weighted by atomic mass is 10.2. The molecule has 1 rings (SSSR count). The number of hydrogen-bond donors (Lipinski definition) is 3. The molecule has 0 saturated heterocycles. The quantitative estimate of drug-likeness (QED) is 0.602. The Morgan fingerprint density at radius 3 is 2.47 bits per heavy atom. The minimum absolute atomic E-state index is 0.0912. The van der Waals surface area contributed by atoms with Crippen LogP contribution in [0.3, 0.4) is 0 Å². The summed E-state index contributed by atoms with van der Waals surface area (Å²) in [6, 6.07) is -0.354. The predicted octanol–water partition coefficient (Wildman–Crippen LogP) is -0.192. The standard InChI is InChI=1S/C11H21N3O3/c12-11(17)13-10(16)5-6-14(7-8-15)9-3-1-2-4-9/h9,15H,1-8H2,(H3,12,13,16,17). The van der Waals surface area contributed by atoms with Gasteiger partial charge in [0, 0.05) is 25.6 Å². The highest BCUT2D eigenvalue weighted by Crippen LogP contribution is 2.23. The van der Waals surface area contributed by atoms with Gasteiger partial charge in [-0.25, -0.2) is 4.79 Å². The SMILES string of the molecule is NC(=O)NC(=O)CCN(CCO)C1CCCC1. The molecule has 0 atom stereocenters. The number of primary amides is 1. The number of hydrogen-bond acceptors (Lipinski definition) is 4. The van der Waals surface area contributed by atoms with Crippen molar-refractivity contribution in [3.8, 4) is 0 Å². The van der Waals surface area contributed by atoms with Crippen LogP contribution in [-0.2, 0) is 4.79 Å². The Kier molecular flexibility index (Phi) is 5.93. The van der Waals surface area contributed by atoms with Crippen molar-refractivity contribution in [1.82, 2.24) is 10.2 Å². The van der Waals surface area contributed by atoms with E-state index in [0.717, 1.165) is 12.8 Å². The second-order valence-corrected chi connectivity index (χ2v) is 4.36. The number of carbonyl (C=O) groups excluding carboxylic acids is 2. The van der Waals surface area contributed by atoms with Crippen molar-refractivity contribution in [2.75, 3.05) is 19.7 Å². The second-order valence-electron chi connectivity index (χ2n) is 4.36. The van der Waals surface area contributed by atoms with Gasteiger partial charge in [-0.15, -0.1) is 0 Å². The maximum absolute atomic E-state index is 11.3. The van der Waals surface area contributed by atoms with E-state index in [1.165, 1.54) is 12.8 Å². The number of rotatable bonds is 6. The van der Waals surface area contributed by atoms with E-state index in [0.29, 0.717) is 19.1 Å². The Hall–Kier alpha value is -1.14. The van der Waals surface area contributed by atoms with E-state index < -0.39 is 6.03 Å². The van der Waals surface area contributed by atoms with E-state index in [1.54, 1.807) is 0 Å². The average molecular weight is 243 g/mol. The maximum Gasteiger partial charge on any atom is 0.318 e. The van der Waals surface area contributed by atoms with Crippen molar-refractivity contribution in [3.63, 3.8) is 0 Å². The van der Waals surface area contributed by atoms with E-state index in [9.17, 15) is 9.59 Å². The molecule has 0 aromatic carbocycles. The number of imide groups is 1. The van der Waals surface area contributed by atoms with Gasteiger partial charge in [0.25, 0.3) is 0 Å². The third-order valence-corrected chi connectivity index (χ3v) is 3.12. The first-order chi connectivity index (χ1) is 8.13. The van der Waals surface area contributed by atoms with Crippen molar-refractivity contribution in [3.05, 3.63) is 0 Å². The molecule has 98 valence electrons. The molecule has 0 aromatic heterocycles. The Bertz CT molecular complexity index is 265. The Morgan fingerprint density at radius 2 is 1.94 bits per heavy atom. The zero-order valence-corrected chi connectivity index (χ0v) is 10.0. The summed E-state index contributed by atoms with van der Waals surface area (Å²) in [5, 5.41) is 11.0. The van der Waals surface area contributed by atoms with Crippen molar-refractivity contribution in [2.45, 2.75) is 38.1 Å². The third-order valence-electron chi connectivity index (χ3n) is 3.12. The van der Waals surface area contributed by atoms with Crippen LogP contribution in [-0.4, -0.2) is 47.7 Å². The normalized spacial score (nSPS) is 16.4. The van der Waals surface area contributed by atoms with Crippen LogP contribution < -0.4 is 11.1 Å². The molecule has 0 heterocycles. The van der Waals surface area contributed by atoms with Gasteiger partial charge in [0.2, 0.25) is 5.91 Å². The van der Waals surface area contributed by atoms with Gasteiger partial charge in [0.1, 0.15) is 0 Å². The minimum Gasteiger partial charge on any atom is -0.395 e. The van der Waals surface area contributed by atoms with Crippen LogP contribution in [0.4, 0.5) is 4.79 Å². The van der Waals surface area contributed by atoms with Crippen LogP contribution in [0.5, 0.6) is 0 Å². The highest BCUT2D eigenvalue weighted by molar-refractivity contribution is 5.93. The largest absolute Gasteiger partial charge is 0.395 e. The molecule has 1 aliphatic carbocycles. The van der Waals surface area contributed by atoms with Crippen molar-refractivity contribution < 1.29 is 14.7 Å². The first-order valence-corrected chi connectivity index (χ1v) is 6.07. The molecular formula is C11H21N3O3. The molecule has 0 radical (unpaired) electrons. The first-order valence-electron chi connectivity index (χ1n) is 6.07.